The van der Waals surface area contributed by atoms with E-state index in [-0.39, 0.29) is 36.7 Å². The summed E-state index contributed by atoms with van der Waals surface area (Å²) in [6.07, 6.45) is 0. The molecule has 0 unspecified atom stereocenters. The van der Waals surface area contributed by atoms with Gasteiger partial charge >= 0.3 is 11.9 Å². The predicted molar refractivity (Wildman–Crippen MR) is 156 cm³/mol. The van der Waals surface area contributed by atoms with E-state index in [9.17, 15) is 9.59 Å². The Morgan fingerprint density at radius 2 is 0.750 bits per heavy atom. The van der Waals surface area contributed by atoms with Gasteiger partial charge in [-0.15, -0.1) is 0 Å². The van der Waals surface area contributed by atoms with Gasteiger partial charge in [0.1, 0.15) is 37.9 Å². The van der Waals surface area contributed by atoms with Crippen molar-refractivity contribution in [1.29, 1.82) is 0 Å². The summed E-state index contributed by atoms with van der Waals surface area (Å²) in [7, 11) is 0. The summed E-state index contributed by atoms with van der Waals surface area (Å²) >= 11 is 7.64. The molecule has 0 bridgehead atoms. The molecular formula is C28H38O10S2. The first kappa shape index (κ1) is 33.7. The molecule has 2 aromatic carbocycles. The molecule has 0 radical (unpaired) electrons. The Morgan fingerprint density at radius 1 is 0.450 bits per heavy atom. The lowest BCUT2D eigenvalue weighted by Gasteiger charge is -2.10. The fourth-order valence-corrected chi connectivity index (χ4v) is 3.27. The van der Waals surface area contributed by atoms with Crippen LogP contribution in [0.3, 0.4) is 0 Å². The summed E-state index contributed by atoms with van der Waals surface area (Å²) in [5.41, 5.74) is 2.13. The number of carbonyl (C=O) groups is 2. The Morgan fingerprint density at radius 3 is 1.07 bits per heavy atom. The molecule has 0 N–H and O–H groups in total. The van der Waals surface area contributed by atoms with E-state index >= 15 is 0 Å². The smallest absolute Gasteiger partial charge is 0.315 e. The van der Waals surface area contributed by atoms with Crippen molar-refractivity contribution in [2.75, 3.05) is 90.8 Å². The van der Waals surface area contributed by atoms with Gasteiger partial charge in [0.05, 0.1) is 64.4 Å². The molecular weight excluding hydrogens is 560 g/mol. The molecule has 2 aromatic rings. The van der Waals surface area contributed by atoms with Crippen LogP contribution >= 0.6 is 25.3 Å². The van der Waals surface area contributed by atoms with Crippen molar-refractivity contribution in [3.05, 3.63) is 48.5 Å². The van der Waals surface area contributed by atoms with Gasteiger partial charge in [-0.1, -0.05) is 24.3 Å². The van der Waals surface area contributed by atoms with Crippen molar-refractivity contribution in [3.8, 4) is 22.6 Å². The van der Waals surface area contributed by atoms with Crippen molar-refractivity contribution in [2.45, 2.75) is 0 Å². The molecule has 0 aromatic heterocycles. The normalized spacial score (nSPS) is 10.8. The third kappa shape index (κ3) is 15.9. The highest BCUT2D eigenvalue weighted by atomic mass is 32.1. The molecule has 10 nitrogen and oxygen atoms in total. The van der Waals surface area contributed by atoms with Crippen molar-refractivity contribution < 1.29 is 47.5 Å². The molecule has 0 heterocycles. The molecule has 0 aliphatic heterocycles. The molecule has 222 valence electrons. The summed E-state index contributed by atoms with van der Waals surface area (Å²) in [5.74, 6) is 0.921. The zero-order valence-corrected chi connectivity index (χ0v) is 24.3. The Kier molecular flexibility index (Phi) is 18.7. The molecule has 0 spiro atoms. The second-order valence-corrected chi connectivity index (χ2v) is 8.58. The lowest BCUT2D eigenvalue weighted by atomic mass is 10.1. The van der Waals surface area contributed by atoms with Crippen LogP contribution in [0.2, 0.25) is 0 Å². The second-order valence-electron chi connectivity index (χ2n) is 7.95. The van der Waals surface area contributed by atoms with E-state index in [2.05, 4.69) is 25.3 Å². The molecule has 40 heavy (non-hydrogen) atoms. The molecule has 0 aliphatic rings. The van der Waals surface area contributed by atoms with Crippen LogP contribution in [0.15, 0.2) is 48.5 Å². The summed E-state index contributed by atoms with van der Waals surface area (Å²) in [6, 6.07) is 15.7. The lowest BCUT2D eigenvalue weighted by Crippen LogP contribution is -2.14. The molecule has 0 saturated carbocycles. The van der Waals surface area contributed by atoms with Crippen LogP contribution in [0.4, 0.5) is 0 Å². The first-order valence-electron chi connectivity index (χ1n) is 12.9. The number of hydrogen-bond acceptors (Lipinski definition) is 12. The van der Waals surface area contributed by atoms with Gasteiger partial charge in [0.15, 0.2) is 0 Å². The van der Waals surface area contributed by atoms with E-state index in [0.29, 0.717) is 66.1 Å². The number of benzene rings is 2. The van der Waals surface area contributed by atoms with E-state index in [1.807, 2.05) is 48.5 Å². The SMILES string of the molecule is O=C(CS)OCCOCCOCCOc1ccc(-c2ccc(OCCOCCOCCOC(=O)CS)cc2)cc1. The molecule has 0 fully saturated rings. The number of carbonyl (C=O) groups excluding carboxylic acids is 2. The standard InChI is InChI=1S/C28H38O10S2/c29-27(21-39)37-19-15-33-11-9-31-13-17-35-25-5-1-23(2-6-25)24-3-7-26(8-4-24)36-18-14-32-10-12-34-16-20-38-28(30)22-40/h1-8,39-40H,9-22H2. The fourth-order valence-electron chi connectivity index (χ4n) is 3.09. The average molecular weight is 599 g/mol. The quantitative estimate of drug-likeness (QED) is 0.113. The first-order valence-corrected chi connectivity index (χ1v) is 14.2. The minimum Gasteiger partial charge on any atom is -0.491 e. The maximum atomic E-state index is 10.9. The van der Waals surface area contributed by atoms with E-state index in [1.165, 1.54) is 0 Å². The number of ether oxygens (including phenoxy) is 8. The number of thiol groups is 2. The minimum absolute atomic E-state index is 0.0622. The summed E-state index contributed by atoms with van der Waals surface area (Å²) < 4.78 is 42.7. The van der Waals surface area contributed by atoms with Gasteiger partial charge in [-0.2, -0.15) is 25.3 Å². The van der Waals surface area contributed by atoms with Gasteiger partial charge in [-0.25, -0.2) is 0 Å². The molecule has 0 amide bonds. The Hall–Kier alpha value is -2.48. The largest absolute Gasteiger partial charge is 0.491 e. The summed E-state index contributed by atoms with van der Waals surface area (Å²) in [5, 5.41) is 0. The zero-order valence-electron chi connectivity index (χ0n) is 22.5. The Labute approximate surface area is 246 Å². The van der Waals surface area contributed by atoms with Crippen LogP contribution in [0, 0.1) is 0 Å². The summed E-state index contributed by atoms with van der Waals surface area (Å²) in [6.45, 7) is 4.51. The number of rotatable bonds is 23. The third-order valence-corrected chi connectivity index (χ3v) is 5.53. The highest BCUT2D eigenvalue weighted by molar-refractivity contribution is 7.81. The van der Waals surface area contributed by atoms with Crippen molar-refractivity contribution in [3.63, 3.8) is 0 Å². The molecule has 0 saturated heterocycles. The van der Waals surface area contributed by atoms with Gasteiger partial charge in [0.25, 0.3) is 0 Å². The monoisotopic (exact) mass is 598 g/mol. The number of hydrogen-bond donors (Lipinski definition) is 2. The Balaban J connectivity index is 1.50. The fraction of sp³-hybridized carbons (Fsp3) is 0.500. The van der Waals surface area contributed by atoms with Gasteiger partial charge in [0.2, 0.25) is 0 Å². The van der Waals surface area contributed by atoms with Crippen LogP contribution in [0.5, 0.6) is 11.5 Å². The Bertz CT molecular complexity index is 864. The van der Waals surface area contributed by atoms with Crippen molar-refractivity contribution >= 4 is 37.2 Å². The zero-order chi connectivity index (χ0) is 28.7. The average Bonchev–Trinajstić information content (AvgIpc) is 2.99. The maximum absolute atomic E-state index is 10.9. The summed E-state index contributed by atoms with van der Waals surface area (Å²) in [4.78, 5) is 21.8. The highest BCUT2D eigenvalue weighted by Crippen LogP contribution is 2.24. The van der Waals surface area contributed by atoms with E-state index in [1.54, 1.807) is 0 Å². The third-order valence-electron chi connectivity index (χ3n) is 5.02. The highest BCUT2D eigenvalue weighted by Gasteiger charge is 2.02. The van der Waals surface area contributed by atoms with E-state index in [0.717, 1.165) is 22.6 Å². The van der Waals surface area contributed by atoms with Crippen LogP contribution < -0.4 is 9.47 Å². The van der Waals surface area contributed by atoms with Crippen LogP contribution in [-0.2, 0) is 38.0 Å². The second kappa shape index (κ2) is 22.2. The van der Waals surface area contributed by atoms with Gasteiger partial charge in [-0.3, -0.25) is 9.59 Å². The lowest BCUT2D eigenvalue weighted by molar-refractivity contribution is -0.143. The van der Waals surface area contributed by atoms with Gasteiger partial charge < -0.3 is 37.9 Å². The molecule has 12 heteroatoms. The van der Waals surface area contributed by atoms with Crippen LogP contribution in [0.1, 0.15) is 0 Å². The molecule has 0 atom stereocenters. The maximum Gasteiger partial charge on any atom is 0.315 e. The topological polar surface area (TPSA) is 108 Å². The predicted octanol–water partition coefficient (Wildman–Crippen LogP) is 3.12. The van der Waals surface area contributed by atoms with Gasteiger partial charge in [-0.05, 0) is 35.4 Å². The van der Waals surface area contributed by atoms with Crippen LogP contribution in [-0.4, -0.2) is 103 Å². The van der Waals surface area contributed by atoms with E-state index in [4.69, 9.17) is 37.9 Å². The van der Waals surface area contributed by atoms with E-state index < -0.39 is 0 Å². The molecule has 0 aliphatic carbocycles. The number of esters is 2. The first-order chi connectivity index (χ1) is 19.6. The van der Waals surface area contributed by atoms with Crippen LogP contribution in [0.25, 0.3) is 11.1 Å². The van der Waals surface area contributed by atoms with Crippen molar-refractivity contribution in [1.82, 2.24) is 0 Å². The van der Waals surface area contributed by atoms with Gasteiger partial charge in [0, 0.05) is 0 Å². The molecule has 2 rings (SSSR count). The minimum atomic E-state index is -0.362. The van der Waals surface area contributed by atoms with Crippen molar-refractivity contribution in [2.24, 2.45) is 0 Å².